The highest BCUT2D eigenvalue weighted by molar-refractivity contribution is 5.94. The third-order valence-electron chi connectivity index (χ3n) is 3.82. The smallest absolute Gasteiger partial charge is 0.338 e. The second-order valence-electron chi connectivity index (χ2n) is 6.09. The Morgan fingerprint density at radius 1 is 0.840 bits per heavy atom. The number of ether oxygens (including phenoxy) is 1. The van der Waals surface area contributed by atoms with E-state index < -0.39 is 5.97 Å². The standard InChI is InChI=1S/C22H22O3/c1-15(2)21(23)14-7-17-5-8-18(9-6-17)19-10-12-20(13-11-19)25-22(24)16(3)4/h5-6,8-13H,1,3,7,14H2,2,4H3. The maximum Gasteiger partial charge on any atom is 0.338 e. The molecule has 2 aromatic carbocycles. The molecule has 2 rings (SSSR count). The summed E-state index contributed by atoms with van der Waals surface area (Å²) in [6.45, 7) is 10.6. The first kappa shape index (κ1) is 18.4. The minimum atomic E-state index is -0.429. The van der Waals surface area contributed by atoms with Crippen molar-refractivity contribution in [2.24, 2.45) is 0 Å². The van der Waals surface area contributed by atoms with E-state index in [9.17, 15) is 9.59 Å². The molecular weight excluding hydrogens is 312 g/mol. The molecule has 0 atom stereocenters. The number of allylic oxidation sites excluding steroid dienone is 1. The van der Waals surface area contributed by atoms with Crippen LogP contribution in [0.1, 0.15) is 25.8 Å². The molecule has 25 heavy (non-hydrogen) atoms. The molecule has 3 nitrogen and oxygen atoms in total. The van der Waals surface area contributed by atoms with Crippen LogP contribution in [-0.2, 0) is 16.0 Å². The third-order valence-corrected chi connectivity index (χ3v) is 3.82. The van der Waals surface area contributed by atoms with E-state index in [0.717, 1.165) is 16.7 Å². The molecule has 128 valence electrons. The van der Waals surface area contributed by atoms with Gasteiger partial charge in [-0.1, -0.05) is 49.6 Å². The largest absolute Gasteiger partial charge is 0.423 e. The van der Waals surface area contributed by atoms with Gasteiger partial charge in [0, 0.05) is 12.0 Å². The lowest BCUT2D eigenvalue weighted by Crippen LogP contribution is -2.07. The van der Waals surface area contributed by atoms with Crippen LogP contribution in [0, 0.1) is 0 Å². The number of hydrogen-bond acceptors (Lipinski definition) is 3. The first-order chi connectivity index (χ1) is 11.9. The van der Waals surface area contributed by atoms with Crippen LogP contribution >= 0.6 is 0 Å². The van der Waals surface area contributed by atoms with Gasteiger partial charge in [-0.2, -0.15) is 0 Å². The van der Waals surface area contributed by atoms with Crippen molar-refractivity contribution in [3.05, 3.63) is 78.4 Å². The van der Waals surface area contributed by atoms with E-state index in [2.05, 4.69) is 13.2 Å². The predicted molar refractivity (Wildman–Crippen MR) is 100 cm³/mol. The van der Waals surface area contributed by atoms with E-state index in [1.165, 1.54) is 0 Å². The van der Waals surface area contributed by atoms with E-state index in [0.29, 0.717) is 29.7 Å². The van der Waals surface area contributed by atoms with Crippen LogP contribution in [0.5, 0.6) is 5.75 Å². The number of aryl methyl sites for hydroxylation is 1. The van der Waals surface area contributed by atoms with Gasteiger partial charge in [0.25, 0.3) is 0 Å². The van der Waals surface area contributed by atoms with Gasteiger partial charge in [0.15, 0.2) is 5.78 Å². The van der Waals surface area contributed by atoms with Gasteiger partial charge >= 0.3 is 5.97 Å². The van der Waals surface area contributed by atoms with Crippen LogP contribution in [0.2, 0.25) is 0 Å². The van der Waals surface area contributed by atoms with E-state index in [1.54, 1.807) is 26.0 Å². The molecule has 0 saturated heterocycles. The normalized spacial score (nSPS) is 10.2. The first-order valence-corrected chi connectivity index (χ1v) is 8.12. The summed E-state index contributed by atoms with van der Waals surface area (Å²) in [7, 11) is 0. The van der Waals surface area contributed by atoms with Gasteiger partial charge < -0.3 is 4.74 Å². The monoisotopic (exact) mass is 334 g/mol. The first-order valence-electron chi connectivity index (χ1n) is 8.12. The lowest BCUT2D eigenvalue weighted by molar-refractivity contribution is -0.130. The topological polar surface area (TPSA) is 43.4 Å². The second kappa shape index (κ2) is 8.25. The van der Waals surface area contributed by atoms with Crippen LogP contribution in [0.15, 0.2) is 72.8 Å². The Morgan fingerprint density at radius 3 is 1.84 bits per heavy atom. The van der Waals surface area contributed by atoms with Gasteiger partial charge in [0.1, 0.15) is 5.75 Å². The fraction of sp³-hybridized carbons (Fsp3) is 0.182. The molecular formula is C22H22O3. The zero-order chi connectivity index (χ0) is 18.4. The fourth-order valence-electron chi connectivity index (χ4n) is 2.24. The Labute approximate surface area is 148 Å². The fourth-order valence-corrected chi connectivity index (χ4v) is 2.24. The van der Waals surface area contributed by atoms with Crippen molar-refractivity contribution in [2.45, 2.75) is 26.7 Å². The average molecular weight is 334 g/mol. The summed E-state index contributed by atoms with van der Waals surface area (Å²) < 4.78 is 5.18. The number of rotatable bonds is 7. The van der Waals surface area contributed by atoms with Gasteiger partial charge in [-0.05, 0) is 54.7 Å². The molecule has 3 heteroatoms. The van der Waals surface area contributed by atoms with Crippen LogP contribution in [0.3, 0.4) is 0 Å². The summed E-state index contributed by atoms with van der Waals surface area (Å²) in [5.41, 5.74) is 4.17. The minimum Gasteiger partial charge on any atom is -0.423 e. The summed E-state index contributed by atoms with van der Waals surface area (Å²) in [6, 6.07) is 15.4. The van der Waals surface area contributed by atoms with Crippen molar-refractivity contribution in [1.82, 2.24) is 0 Å². The van der Waals surface area contributed by atoms with Crippen LogP contribution in [0.4, 0.5) is 0 Å². The summed E-state index contributed by atoms with van der Waals surface area (Å²) >= 11 is 0. The molecule has 2 aromatic rings. The maximum absolute atomic E-state index is 11.6. The summed E-state index contributed by atoms with van der Waals surface area (Å²) in [5.74, 6) is 0.164. The molecule has 0 N–H and O–H groups in total. The van der Waals surface area contributed by atoms with E-state index in [4.69, 9.17) is 4.74 Å². The van der Waals surface area contributed by atoms with Gasteiger partial charge in [-0.15, -0.1) is 0 Å². The van der Waals surface area contributed by atoms with Gasteiger partial charge in [0.2, 0.25) is 0 Å². The highest BCUT2D eigenvalue weighted by atomic mass is 16.5. The number of benzene rings is 2. The molecule has 0 amide bonds. The molecule has 0 saturated carbocycles. The number of carbonyl (C=O) groups is 2. The zero-order valence-electron chi connectivity index (χ0n) is 14.7. The second-order valence-corrected chi connectivity index (χ2v) is 6.09. The Balaban J connectivity index is 2.02. The Hall–Kier alpha value is -2.94. The van der Waals surface area contributed by atoms with Gasteiger partial charge in [0.05, 0.1) is 0 Å². The number of ketones is 1. The lowest BCUT2D eigenvalue weighted by atomic mass is 10.0. The van der Waals surface area contributed by atoms with E-state index in [-0.39, 0.29) is 5.78 Å². The number of hydrogen-bond donors (Lipinski definition) is 0. The summed E-state index contributed by atoms with van der Waals surface area (Å²) in [4.78, 5) is 23.1. The number of carbonyl (C=O) groups excluding carboxylic acids is 2. The SMILES string of the molecule is C=C(C)C(=O)CCc1ccc(-c2ccc(OC(=O)C(=C)C)cc2)cc1. The molecule has 0 aromatic heterocycles. The maximum atomic E-state index is 11.6. The quantitative estimate of drug-likeness (QED) is 0.410. The number of esters is 1. The Morgan fingerprint density at radius 2 is 1.36 bits per heavy atom. The van der Waals surface area contributed by atoms with Crippen molar-refractivity contribution >= 4 is 11.8 Å². The van der Waals surface area contributed by atoms with Crippen molar-refractivity contribution in [3.63, 3.8) is 0 Å². The van der Waals surface area contributed by atoms with Crippen molar-refractivity contribution in [2.75, 3.05) is 0 Å². The lowest BCUT2D eigenvalue weighted by Gasteiger charge is -2.07. The van der Waals surface area contributed by atoms with Crippen molar-refractivity contribution in [1.29, 1.82) is 0 Å². The Kier molecular flexibility index (Phi) is 6.07. The van der Waals surface area contributed by atoms with Crippen molar-refractivity contribution in [3.8, 4) is 16.9 Å². The molecule has 0 aliphatic carbocycles. The third kappa shape index (κ3) is 5.28. The molecule has 0 aliphatic heterocycles. The molecule has 0 aliphatic rings. The molecule has 0 fully saturated rings. The molecule has 0 spiro atoms. The van der Waals surface area contributed by atoms with Crippen LogP contribution in [0.25, 0.3) is 11.1 Å². The van der Waals surface area contributed by atoms with Gasteiger partial charge in [-0.3, -0.25) is 4.79 Å². The summed E-state index contributed by atoms with van der Waals surface area (Å²) in [5, 5.41) is 0. The van der Waals surface area contributed by atoms with E-state index >= 15 is 0 Å². The molecule has 0 unspecified atom stereocenters. The predicted octanol–water partition coefficient (Wildman–Crippen LogP) is 4.91. The van der Waals surface area contributed by atoms with E-state index in [1.807, 2.05) is 36.4 Å². The van der Waals surface area contributed by atoms with Crippen LogP contribution < -0.4 is 4.74 Å². The highest BCUT2D eigenvalue weighted by Crippen LogP contribution is 2.23. The Bertz CT molecular complexity index is 796. The number of Topliss-reactive ketones (excluding diaryl/α,β-unsaturated/α-hetero) is 1. The zero-order valence-corrected chi connectivity index (χ0v) is 14.7. The highest BCUT2D eigenvalue weighted by Gasteiger charge is 2.06. The molecule has 0 heterocycles. The van der Waals surface area contributed by atoms with Crippen LogP contribution in [-0.4, -0.2) is 11.8 Å². The summed E-state index contributed by atoms with van der Waals surface area (Å²) in [6.07, 6.45) is 1.19. The minimum absolute atomic E-state index is 0.101. The van der Waals surface area contributed by atoms with Crippen molar-refractivity contribution < 1.29 is 14.3 Å². The average Bonchev–Trinajstić information content (AvgIpc) is 2.60. The van der Waals surface area contributed by atoms with Gasteiger partial charge in [-0.25, -0.2) is 4.79 Å². The molecule has 0 radical (unpaired) electrons. The molecule has 0 bridgehead atoms.